The standard InChI is InChI=1S/C23H15ClF2N2O2/c1-13-6-11-16(12-17(13)24)27-21-20(14-7-9-15(25)10-8-14)22(29)28(23(21)30)19-5-3-2-4-18(19)26/h2-12,27H,1H3. The molecule has 0 saturated carbocycles. The first kappa shape index (κ1) is 19.8. The van der Waals surface area contributed by atoms with E-state index in [9.17, 15) is 18.4 Å². The summed E-state index contributed by atoms with van der Waals surface area (Å²) >= 11 is 6.17. The Labute approximate surface area is 176 Å². The van der Waals surface area contributed by atoms with Gasteiger partial charge in [0.25, 0.3) is 11.8 Å². The number of para-hydroxylation sites is 1. The molecule has 0 saturated heterocycles. The number of amides is 2. The van der Waals surface area contributed by atoms with Crippen molar-refractivity contribution in [1.82, 2.24) is 0 Å². The van der Waals surface area contributed by atoms with Crippen molar-refractivity contribution in [1.29, 1.82) is 0 Å². The summed E-state index contributed by atoms with van der Waals surface area (Å²) in [6.45, 7) is 1.83. The van der Waals surface area contributed by atoms with Crippen LogP contribution in [0.15, 0.2) is 72.4 Å². The third-order valence-corrected chi connectivity index (χ3v) is 5.16. The third-order valence-electron chi connectivity index (χ3n) is 4.75. The zero-order chi connectivity index (χ0) is 21.4. The second-order valence-electron chi connectivity index (χ2n) is 6.74. The van der Waals surface area contributed by atoms with Gasteiger partial charge in [-0.3, -0.25) is 9.59 Å². The van der Waals surface area contributed by atoms with E-state index in [0.29, 0.717) is 16.3 Å². The number of benzene rings is 3. The van der Waals surface area contributed by atoms with Gasteiger partial charge in [-0.2, -0.15) is 0 Å². The first-order chi connectivity index (χ1) is 14.4. The van der Waals surface area contributed by atoms with Gasteiger partial charge in [-0.15, -0.1) is 0 Å². The molecule has 4 rings (SSSR count). The smallest absolute Gasteiger partial charge is 0.282 e. The van der Waals surface area contributed by atoms with E-state index < -0.39 is 23.4 Å². The van der Waals surface area contributed by atoms with Crippen molar-refractivity contribution in [2.45, 2.75) is 6.92 Å². The largest absolute Gasteiger partial charge is 0.350 e. The minimum absolute atomic E-state index is 0.0138. The fourth-order valence-corrected chi connectivity index (χ4v) is 3.38. The molecule has 4 nitrogen and oxygen atoms in total. The SMILES string of the molecule is Cc1ccc(NC2=C(c3ccc(F)cc3)C(=O)N(c3ccccc3F)C2=O)cc1Cl. The van der Waals surface area contributed by atoms with E-state index in [2.05, 4.69) is 5.32 Å². The fraction of sp³-hybridized carbons (Fsp3) is 0.0435. The second-order valence-corrected chi connectivity index (χ2v) is 7.15. The lowest BCUT2D eigenvalue weighted by atomic mass is 10.0. The van der Waals surface area contributed by atoms with Crippen LogP contribution in [0, 0.1) is 18.6 Å². The Hall–Kier alpha value is -3.51. The second kappa shape index (κ2) is 7.72. The highest BCUT2D eigenvalue weighted by Crippen LogP contribution is 2.35. The lowest BCUT2D eigenvalue weighted by Gasteiger charge is -2.16. The Morgan fingerprint density at radius 3 is 2.27 bits per heavy atom. The minimum atomic E-state index is -0.721. The van der Waals surface area contributed by atoms with Gasteiger partial charge >= 0.3 is 0 Å². The van der Waals surface area contributed by atoms with E-state index in [1.165, 1.54) is 48.5 Å². The number of carbonyl (C=O) groups is 2. The van der Waals surface area contributed by atoms with Gasteiger partial charge in [0.05, 0.1) is 11.3 Å². The van der Waals surface area contributed by atoms with Crippen molar-refractivity contribution in [3.8, 4) is 0 Å². The molecular weight excluding hydrogens is 410 g/mol. The summed E-state index contributed by atoms with van der Waals surface area (Å²) in [6.07, 6.45) is 0. The van der Waals surface area contributed by atoms with E-state index in [-0.39, 0.29) is 17.0 Å². The van der Waals surface area contributed by atoms with Gasteiger partial charge in [0.2, 0.25) is 0 Å². The van der Waals surface area contributed by atoms with Crippen LogP contribution in [0.1, 0.15) is 11.1 Å². The first-order valence-corrected chi connectivity index (χ1v) is 9.41. The molecule has 1 heterocycles. The summed E-state index contributed by atoms with van der Waals surface area (Å²) in [4.78, 5) is 27.2. The summed E-state index contributed by atoms with van der Waals surface area (Å²) in [5.41, 5.74) is 1.46. The summed E-state index contributed by atoms with van der Waals surface area (Å²) in [6, 6.07) is 15.8. The van der Waals surface area contributed by atoms with Gasteiger partial charge in [0.1, 0.15) is 17.3 Å². The molecule has 1 aliphatic rings. The van der Waals surface area contributed by atoms with Crippen LogP contribution >= 0.6 is 11.6 Å². The number of halogens is 3. The van der Waals surface area contributed by atoms with Crippen molar-refractivity contribution in [3.05, 3.63) is 100 Å². The molecule has 0 aromatic heterocycles. The maximum Gasteiger partial charge on any atom is 0.282 e. The molecule has 0 radical (unpaired) electrons. The molecule has 0 unspecified atom stereocenters. The van der Waals surface area contributed by atoms with Crippen LogP contribution < -0.4 is 10.2 Å². The molecule has 0 atom stereocenters. The number of hydrogen-bond donors (Lipinski definition) is 1. The molecule has 7 heteroatoms. The van der Waals surface area contributed by atoms with E-state index in [4.69, 9.17) is 11.6 Å². The third kappa shape index (κ3) is 3.46. The number of aryl methyl sites for hydroxylation is 1. The van der Waals surface area contributed by atoms with Gasteiger partial charge in [0.15, 0.2) is 0 Å². The van der Waals surface area contributed by atoms with E-state index >= 15 is 0 Å². The molecule has 150 valence electrons. The van der Waals surface area contributed by atoms with Crippen molar-refractivity contribution in [3.63, 3.8) is 0 Å². The van der Waals surface area contributed by atoms with E-state index in [1.807, 2.05) is 6.92 Å². The van der Waals surface area contributed by atoms with Crippen molar-refractivity contribution >= 4 is 40.4 Å². The predicted molar refractivity (Wildman–Crippen MR) is 112 cm³/mol. The molecule has 0 spiro atoms. The zero-order valence-electron chi connectivity index (χ0n) is 15.7. The fourth-order valence-electron chi connectivity index (χ4n) is 3.20. The summed E-state index contributed by atoms with van der Waals surface area (Å²) < 4.78 is 27.8. The van der Waals surface area contributed by atoms with Gasteiger partial charge in [0, 0.05) is 10.7 Å². The molecule has 0 bridgehead atoms. The van der Waals surface area contributed by atoms with Crippen molar-refractivity contribution in [2.75, 3.05) is 10.2 Å². The van der Waals surface area contributed by atoms with Gasteiger partial charge < -0.3 is 5.32 Å². The monoisotopic (exact) mass is 424 g/mol. The summed E-state index contributed by atoms with van der Waals surface area (Å²) in [5, 5.41) is 3.42. The molecule has 1 N–H and O–H groups in total. The Bertz CT molecular complexity index is 1210. The van der Waals surface area contributed by atoms with Crippen LogP contribution in [0.3, 0.4) is 0 Å². The zero-order valence-corrected chi connectivity index (χ0v) is 16.5. The normalized spacial score (nSPS) is 13.9. The van der Waals surface area contributed by atoms with E-state index in [1.54, 1.807) is 18.2 Å². The Morgan fingerprint density at radius 1 is 0.900 bits per heavy atom. The molecule has 1 aliphatic heterocycles. The molecular formula is C23H15ClF2N2O2. The number of carbonyl (C=O) groups excluding carboxylic acids is 2. The molecule has 0 fully saturated rings. The van der Waals surface area contributed by atoms with E-state index in [0.717, 1.165) is 10.5 Å². The number of nitrogens with zero attached hydrogens (tertiary/aromatic N) is 1. The Morgan fingerprint density at radius 2 is 1.60 bits per heavy atom. The maximum absolute atomic E-state index is 14.4. The topological polar surface area (TPSA) is 49.4 Å². The highest BCUT2D eigenvalue weighted by atomic mass is 35.5. The molecule has 3 aromatic carbocycles. The van der Waals surface area contributed by atoms with Gasteiger partial charge in [-0.1, -0.05) is 41.9 Å². The van der Waals surface area contributed by atoms with Crippen LogP contribution in [-0.4, -0.2) is 11.8 Å². The molecule has 30 heavy (non-hydrogen) atoms. The van der Waals surface area contributed by atoms with Crippen molar-refractivity contribution < 1.29 is 18.4 Å². The lowest BCUT2D eigenvalue weighted by Crippen LogP contribution is -2.33. The quantitative estimate of drug-likeness (QED) is 0.576. The first-order valence-electron chi connectivity index (χ1n) is 9.03. The number of nitrogens with one attached hydrogen (secondary N) is 1. The average Bonchev–Trinajstić information content (AvgIpc) is 2.96. The molecule has 3 aromatic rings. The number of anilines is 2. The Balaban J connectivity index is 1.84. The van der Waals surface area contributed by atoms with Crippen LogP contribution in [0.5, 0.6) is 0 Å². The lowest BCUT2D eigenvalue weighted by molar-refractivity contribution is -0.120. The number of imide groups is 1. The van der Waals surface area contributed by atoms with Gasteiger partial charge in [-0.25, -0.2) is 13.7 Å². The number of rotatable bonds is 4. The van der Waals surface area contributed by atoms with Crippen LogP contribution in [0.2, 0.25) is 5.02 Å². The minimum Gasteiger partial charge on any atom is -0.350 e. The summed E-state index contributed by atoms with van der Waals surface area (Å²) in [7, 11) is 0. The van der Waals surface area contributed by atoms with Gasteiger partial charge in [-0.05, 0) is 54.4 Å². The highest BCUT2D eigenvalue weighted by molar-refractivity contribution is 6.46. The van der Waals surface area contributed by atoms with Crippen LogP contribution in [0.4, 0.5) is 20.2 Å². The van der Waals surface area contributed by atoms with Crippen molar-refractivity contribution in [2.24, 2.45) is 0 Å². The highest BCUT2D eigenvalue weighted by Gasteiger charge is 2.41. The maximum atomic E-state index is 14.4. The Kier molecular flexibility index (Phi) is 5.10. The van der Waals surface area contributed by atoms with Crippen LogP contribution in [0.25, 0.3) is 5.57 Å². The summed E-state index contributed by atoms with van der Waals surface area (Å²) in [5.74, 6) is -2.63. The predicted octanol–water partition coefficient (Wildman–Crippen LogP) is 5.32. The average molecular weight is 425 g/mol. The number of hydrogen-bond acceptors (Lipinski definition) is 3. The van der Waals surface area contributed by atoms with Crippen LogP contribution in [-0.2, 0) is 9.59 Å². The molecule has 2 amide bonds. The molecule has 0 aliphatic carbocycles.